The summed E-state index contributed by atoms with van der Waals surface area (Å²) in [5.41, 5.74) is -0.0743. The van der Waals surface area contributed by atoms with E-state index in [1.165, 1.54) is 29.4 Å². The molecule has 1 aromatic carbocycles. The van der Waals surface area contributed by atoms with Crippen molar-refractivity contribution < 1.29 is 18.1 Å². The van der Waals surface area contributed by atoms with Crippen LogP contribution in [0.5, 0.6) is 0 Å². The Morgan fingerprint density at radius 1 is 1.30 bits per heavy atom. The highest BCUT2D eigenvalue weighted by atomic mass is 35.5. The fourth-order valence-corrected chi connectivity index (χ4v) is 5.38. The van der Waals surface area contributed by atoms with E-state index in [-0.39, 0.29) is 53.6 Å². The average molecular weight is 419 g/mol. The molecule has 0 aromatic heterocycles. The van der Waals surface area contributed by atoms with E-state index in [0.717, 1.165) is 6.42 Å². The van der Waals surface area contributed by atoms with Crippen LogP contribution in [0.1, 0.15) is 18.4 Å². The third-order valence-corrected chi connectivity index (χ3v) is 7.01. The van der Waals surface area contributed by atoms with Gasteiger partial charge in [-0.15, -0.1) is 12.4 Å². The average Bonchev–Trinajstić information content (AvgIpc) is 2.62. The van der Waals surface area contributed by atoms with Gasteiger partial charge in [0.25, 0.3) is 5.69 Å². The van der Waals surface area contributed by atoms with Crippen LogP contribution in [0.4, 0.5) is 5.69 Å². The number of benzene rings is 1. The highest BCUT2D eigenvalue weighted by Gasteiger charge is 2.36. The number of amides is 1. The van der Waals surface area contributed by atoms with E-state index in [2.05, 4.69) is 5.32 Å². The fraction of sp³-hybridized carbons (Fsp3) is 0.562. The number of hydrogen-bond donors (Lipinski definition) is 1. The second-order valence-electron chi connectivity index (χ2n) is 6.58. The van der Waals surface area contributed by atoms with Crippen LogP contribution in [0.15, 0.2) is 23.1 Å². The summed E-state index contributed by atoms with van der Waals surface area (Å²) < 4.78 is 27.5. The number of carbonyl (C=O) groups excluding carboxylic acids is 1. The van der Waals surface area contributed by atoms with E-state index in [0.29, 0.717) is 26.1 Å². The normalized spacial score (nSPS) is 21.6. The van der Waals surface area contributed by atoms with E-state index in [1.54, 1.807) is 4.90 Å². The molecule has 0 aliphatic carbocycles. The SMILES string of the molecule is Cc1c([N+](=O)[O-])cccc1S(=O)(=O)N1CCCC(N2CCNCC2=O)C1.Cl. The summed E-state index contributed by atoms with van der Waals surface area (Å²) in [5, 5.41) is 14.1. The maximum Gasteiger partial charge on any atom is 0.273 e. The molecule has 2 aliphatic heterocycles. The number of rotatable bonds is 4. The Morgan fingerprint density at radius 2 is 2.04 bits per heavy atom. The number of halogens is 1. The third-order valence-electron chi connectivity index (χ3n) is 5.00. The molecule has 0 radical (unpaired) electrons. The minimum atomic E-state index is -3.86. The first kappa shape index (κ1) is 21.5. The van der Waals surface area contributed by atoms with Crippen LogP contribution in [0.2, 0.25) is 0 Å². The molecule has 2 aliphatic rings. The monoisotopic (exact) mass is 418 g/mol. The van der Waals surface area contributed by atoms with Gasteiger partial charge in [-0.25, -0.2) is 8.42 Å². The second kappa shape index (κ2) is 8.51. The Kier molecular flexibility index (Phi) is 6.79. The van der Waals surface area contributed by atoms with Gasteiger partial charge in [0.05, 0.1) is 16.4 Å². The van der Waals surface area contributed by atoms with Crippen molar-refractivity contribution in [2.45, 2.75) is 30.7 Å². The van der Waals surface area contributed by atoms with Gasteiger partial charge in [-0.3, -0.25) is 14.9 Å². The molecule has 0 bridgehead atoms. The number of carbonyl (C=O) groups is 1. The van der Waals surface area contributed by atoms with Crippen LogP contribution in [0.3, 0.4) is 0 Å². The molecule has 9 nitrogen and oxygen atoms in total. The first-order chi connectivity index (χ1) is 12.3. The Balaban J connectivity index is 0.00000261. The zero-order chi connectivity index (χ0) is 18.9. The van der Waals surface area contributed by atoms with Gasteiger partial charge in [0.15, 0.2) is 0 Å². The van der Waals surface area contributed by atoms with Gasteiger partial charge in [0, 0.05) is 43.9 Å². The molecule has 11 heteroatoms. The van der Waals surface area contributed by atoms with Gasteiger partial charge >= 0.3 is 0 Å². The molecule has 2 saturated heterocycles. The Morgan fingerprint density at radius 3 is 2.70 bits per heavy atom. The zero-order valence-electron chi connectivity index (χ0n) is 15.0. The molecule has 2 heterocycles. The molecule has 0 saturated carbocycles. The molecule has 1 N–H and O–H groups in total. The van der Waals surface area contributed by atoms with Crippen molar-refractivity contribution in [3.63, 3.8) is 0 Å². The van der Waals surface area contributed by atoms with Gasteiger partial charge in [-0.05, 0) is 25.8 Å². The molecular weight excluding hydrogens is 396 g/mol. The molecule has 2 fully saturated rings. The van der Waals surface area contributed by atoms with Crippen LogP contribution in [0.25, 0.3) is 0 Å². The molecule has 0 spiro atoms. The number of nitrogens with one attached hydrogen (secondary N) is 1. The van der Waals surface area contributed by atoms with E-state index in [4.69, 9.17) is 0 Å². The van der Waals surface area contributed by atoms with Crippen LogP contribution in [-0.4, -0.2) is 67.2 Å². The lowest BCUT2D eigenvalue weighted by atomic mass is 10.1. The maximum absolute atomic E-state index is 13.1. The van der Waals surface area contributed by atoms with E-state index in [1.807, 2.05) is 0 Å². The van der Waals surface area contributed by atoms with Crippen molar-refractivity contribution >= 4 is 34.0 Å². The number of hydrogen-bond acceptors (Lipinski definition) is 6. The molecule has 1 unspecified atom stereocenters. The summed E-state index contributed by atoms with van der Waals surface area (Å²) in [6.45, 7) is 3.54. The van der Waals surface area contributed by atoms with Crippen molar-refractivity contribution in [1.29, 1.82) is 0 Å². The number of piperazine rings is 1. The molecular formula is C16H23ClN4O5S. The molecule has 27 heavy (non-hydrogen) atoms. The van der Waals surface area contributed by atoms with E-state index < -0.39 is 14.9 Å². The summed E-state index contributed by atoms with van der Waals surface area (Å²) in [7, 11) is -3.86. The lowest BCUT2D eigenvalue weighted by molar-refractivity contribution is -0.385. The molecule has 1 amide bonds. The quantitative estimate of drug-likeness (QED) is 0.574. The number of sulfonamides is 1. The summed E-state index contributed by atoms with van der Waals surface area (Å²) in [5.74, 6) is -0.0213. The van der Waals surface area contributed by atoms with Crippen LogP contribution in [-0.2, 0) is 14.8 Å². The second-order valence-corrected chi connectivity index (χ2v) is 8.49. The summed E-state index contributed by atoms with van der Waals surface area (Å²) >= 11 is 0. The Labute approximate surface area is 164 Å². The zero-order valence-corrected chi connectivity index (χ0v) is 16.6. The fourth-order valence-electron chi connectivity index (χ4n) is 3.62. The van der Waals surface area contributed by atoms with Gasteiger partial charge in [-0.1, -0.05) is 6.07 Å². The molecule has 3 rings (SSSR count). The molecule has 1 aromatic rings. The molecule has 1 atom stereocenters. The van der Waals surface area contributed by atoms with Gasteiger partial charge in [0.1, 0.15) is 0 Å². The predicted molar refractivity (Wildman–Crippen MR) is 101 cm³/mol. The highest BCUT2D eigenvalue weighted by molar-refractivity contribution is 7.89. The standard InChI is InChI=1S/C16H22N4O5S.ClH/c1-12-14(20(22)23)5-2-6-15(12)26(24,25)18-8-3-4-13(11-18)19-9-7-17-10-16(19)21;/h2,5-6,13,17H,3-4,7-11H2,1H3;1H. The van der Waals surface area contributed by atoms with Crippen molar-refractivity contribution in [1.82, 2.24) is 14.5 Å². The lowest BCUT2D eigenvalue weighted by Crippen LogP contribution is -2.57. The van der Waals surface area contributed by atoms with E-state index >= 15 is 0 Å². The molecule has 150 valence electrons. The highest BCUT2D eigenvalue weighted by Crippen LogP contribution is 2.29. The first-order valence-corrected chi connectivity index (χ1v) is 10.0. The number of nitro benzene ring substituents is 1. The largest absolute Gasteiger partial charge is 0.336 e. The topological polar surface area (TPSA) is 113 Å². The minimum absolute atomic E-state index is 0. The van der Waals surface area contributed by atoms with Crippen LogP contribution in [0, 0.1) is 17.0 Å². The summed E-state index contributed by atoms with van der Waals surface area (Å²) in [6.07, 6.45) is 1.40. The van der Waals surface area contributed by atoms with Crippen LogP contribution < -0.4 is 5.32 Å². The van der Waals surface area contributed by atoms with Crippen molar-refractivity contribution in [2.24, 2.45) is 0 Å². The maximum atomic E-state index is 13.1. The number of nitro groups is 1. The lowest BCUT2D eigenvalue weighted by Gasteiger charge is -2.40. The third kappa shape index (κ3) is 4.23. The van der Waals surface area contributed by atoms with Crippen molar-refractivity contribution in [3.05, 3.63) is 33.9 Å². The smallest absolute Gasteiger partial charge is 0.273 e. The predicted octanol–water partition coefficient (Wildman–Crippen LogP) is 0.910. The Bertz CT molecular complexity index is 832. The number of nitrogens with zero attached hydrogens (tertiary/aromatic N) is 3. The van der Waals surface area contributed by atoms with Crippen molar-refractivity contribution in [3.8, 4) is 0 Å². The summed E-state index contributed by atoms with van der Waals surface area (Å²) in [4.78, 5) is 24.4. The van der Waals surface area contributed by atoms with Gasteiger partial charge in [0.2, 0.25) is 15.9 Å². The van der Waals surface area contributed by atoms with E-state index in [9.17, 15) is 23.3 Å². The van der Waals surface area contributed by atoms with Gasteiger partial charge < -0.3 is 10.2 Å². The number of piperidine rings is 1. The van der Waals surface area contributed by atoms with Gasteiger partial charge in [-0.2, -0.15) is 4.31 Å². The van der Waals surface area contributed by atoms with Crippen molar-refractivity contribution in [2.75, 3.05) is 32.7 Å². The van der Waals surface area contributed by atoms with Crippen LogP contribution >= 0.6 is 12.4 Å². The summed E-state index contributed by atoms with van der Waals surface area (Å²) in [6, 6.07) is 3.93. The first-order valence-electron chi connectivity index (χ1n) is 8.56. The Hall–Kier alpha value is -1.75. The minimum Gasteiger partial charge on any atom is -0.336 e.